The van der Waals surface area contributed by atoms with Crippen LogP contribution in [0.5, 0.6) is 0 Å². The maximum atomic E-state index is 2.37. The number of hydrogen-bond donors (Lipinski definition) is 0. The lowest BCUT2D eigenvalue weighted by Crippen LogP contribution is -2.35. The Bertz CT molecular complexity index is 545. The van der Waals surface area contributed by atoms with E-state index in [0.717, 1.165) is 0 Å². The van der Waals surface area contributed by atoms with Gasteiger partial charge in [-0.1, -0.05) is 68.4 Å². The van der Waals surface area contributed by atoms with Gasteiger partial charge in [0.2, 0.25) is 0 Å². The minimum Gasteiger partial charge on any atom is -0.306 e. The van der Waals surface area contributed by atoms with Gasteiger partial charge in [-0.15, -0.1) is 0 Å². The van der Waals surface area contributed by atoms with Gasteiger partial charge in [0, 0.05) is 12.0 Å². The predicted molar refractivity (Wildman–Crippen MR) is 91.9 cm³/mol. The first kappa shape index (κ1) is 15.8. The van der Waals surface area contributed by atoms with Crippen molar-refractivity contribution >= 4 is 0 Å². The van der Waals surface area contributed by atoms with Crippen molar-refractivity contribution in [1.29, 1.82) is 0 Å². The average Bonchev–Trinajstić information content (AvgIpc) is 2.56. The Morgan fingerprint density at radius 1 is 0.857 bits per heavy atom. The fourth-order valence-corrected chi connectivity index (χ4v) is 3.19. The number of benzene rings is 2. The van der Waals surface area contributed by atoms with E-state index in [1.807, 2.05) is 13.8 Å². The SMILES string of the molecule is CC.CN(C)C1Cc2ccccc2C(c2ccccc2)C1. The van der Waals surface area contributed by atoms with Gasteiger partial charge in [-0.3, -0.25) is 0 Å². The van der Waals surface area contributed by atoms with Crippen molar-refractivity contribution in [2.75, 3.05) is 14.1 Å². The lowest BCUT2D eigenvalue weighted by molar-refractivity contribution is 0.258. The first-order valence-corrected chi connectivity index (χ1v) is 8.05. The van der Waals surface area contributed by atoms with Crippen molar-refractivity contribution in [1.82, 2.24) is 4.90 Å². The molecule has 21 heavy (non-hydrogen) atoms. The van der Waals surface area contributed by atoms with E-state index < -0.39 is 0 Å². The molecule has 2 unspecified atom stereocenters. The van der Waals surface area contributed by atoms with Crippen LogP contribution in [0.4, 0.5) is 0 Å². The quantitative estimate of drug-likeness (QED) is 0.770. The number of hydrogen-bond acceptors (Lipinski definition) is 1. The highest BCUT2D eigenvalue weighted by Crippen LogP contribution is 2.37. The molecular weight excluding hydrogens is 254 g/mol. The molecule has 3 rings (SSSR count). The fraction of sp³-hybridized carbons (Fsp3) is 0.400. The highest BCUT2D eigenvalue weighted by molar-refractivity contribution is 5.40. The minimum atomic E-state index is 0.540. The molecule has 0 bridgehead atoms. The Hall–Kier alpha value is -1.60. The molecular formula is C20H27N. The van der Waals surface area contributed by atoms with Crippen LogP contribution in [0.1, 0.15) is 42.9 Å². The van der Waals surface area contributed by atoms with E-state index in [9.17, 15) is 0 Å². The molecule has 0 saturated carbocycles. The van der Waals surface area contributed by atoms with E-state index in [1.165, 1.54) is 29.5 Å². The topological polar surface area (TPSA) is 3.24 Å². The molecule has 1 aliphatic carbocycles. The molecule has 0 amide bonds. The Kier molecular flexibility index (Phi) is 5.58. The lowest BCUT2D eigenvalue weighted by Gasteiger charge is -2.35. The third kappa shape index (κ3) is 3.54. The van der Waals surface area contributed by atoms with E-state index in [0.29, 0.717) is 12.0 Å². The lowest BCUT2D eigenvalue weighted by atomic mass is 9.76. The van der Waals surface area contributed by atoms with E-state index in [1.54, 1.807) is 0 Å². The largest absolute Gasteiger partial charge is 0.306 e. The molecule has 0 saturated heterocycles. The van der Waals surface area contributed by atoms with E-state index >= 15 is 0 Å². The summed E-state index contributed by atoms with van der Waals surface area (Å²) in [6, 6.07) is 20.5. The minimum absolute atomic E-state index is 0.540. The summed E-state index contributed by atoms with van der Waals surface area (Å²) in [7, 11) is 4.39. The van der Waals surface area contributed by atoms with E-state index in [-0.39, 0.29) is 0 Å². The van der Waals surface area contributed by atoms with Crippen molar-refractivity contribution in [2.45, 2.75) is 38.6 Å². The van der Waals surface area contributed by atoms with Crippen molar-refractivity contribution in [3.05, 3.63) is 71.3 Å². The number of rotatable bonds is 2. The maximum absolute atomic E-state index is 2.37. The van der Waals surface area contributed by atoms with Crippen LogP contribution in [0, 0.1) is 0 Å². The van der Waals surface area contributed by atoms with Gasteiger partial charge in [0.25, 0.3) is 0 Å². The van der Waals surface area contributed by atoms with E-state index in [2.05, 4.69) is 73.6 Å². The number of likely N-dealkylation sites (N-methyl/N-ethyl adjacent to an activating group) is 1. The Morgan fingerprint density at radius 3 is 2.14 bits per heavy atom. The molecule has 0 spiro atoms. The molecule has 1 nitrogen and oxygen atoms in total. The van der Waals surface area contributed by atoms with Crippen LogP contribution in [0.25, 0.3) is 0 Å². The first-order chi connectivity index (χ1) is 10.3. The second-order valence-electron chi connectivity index (χ2n) is 5.72. The van der Waals surface area contributed by atoms with Crippen LogP contribution >= 0.6 is 0 Å². The average molecular weight is 281 g/mol. The highest BCUT2D eigenvalue weighted by atomic mass is 15.1. The molecule has 2 aromatic rings. The third-order valence-corrected chi connectivity index (χ3v) is 4.33. The molecule has 1 heteroatoms. The smallest absolute Gasteiger partial charge is 0.0139 e. The first-order valence-electron chi connectivity index (χ1n) is 8.05. The van der Waals surface area contributed by atoms with Crippen molar-refractivity contribution in [3.8, 4) is 0 Å². The molecule has 2 atom stereocenters. The van der Waals surface area contributed by atoms with Crippen molar-refractivity contribution in [2.24, 2.45) is 0 Å². The van der Waals surface area contributed by atoms with E-state index in [4.69, 9.17) is 0 Å². The van der Waals surface area contributed by atoms with Gasteiger partial charge >= 0.3 is 0 Å². The monoisotopic (exact) mass is 281 g/mol. The summed E-state index contributed by atoms with van der Waals surface area (Å²) in [5.41, 5.74) is 4.48. The highest BCUT2D eigenvalue weighted by Gasteiger charge is 2.28. The molecule has 2 aromatic carbocycles. The Labute approximate surface area is 129 Å². The molecule has 0 heterocycles. The van der Waals surface area contributed by atoms with Crippen LogP contribution in [-0.4, -0.2) is 25.0 Å². The van der Waals surface area contributed by atoms with Crippen LogP contribution < -0.4 is 0 Å². The molecule has 0 radical (unpaired) electrons. The summed E-state index contributed by atoms with van der Waals surface area (Å²) >= 11 is 0. The molecule has 0 aromatic heterocycles. The molecule has 0 aliphatic heterocycles. The van der Waals surface area contributed by atoms with Crippen LogP contribution in [0.3, 0.4) is 0 Å². The van der Waals surface area contributed by atoms with Gasteiger partial charge < -0.3 is 4.90 Å². The molecule has 0 N–H and O–H groups in total. The van der Waals surface area contributed by atoms with Crippen LogP contribution in [0.2, 0.25) is 0 Å². The summed E-state index contributed by atoms with van der Waals surface area (Å²) in [5, 5.41) is 0. The summed E-state index contributed by atoms with van der Waals surface area (Å²) < 4.78 is 0. The normalized spacial score (nSPS) is 20.4. The van der Waals surface area contributed by atoms with Gasteiger partial charge in [-0.05, 0) is 43.6 Å². The van der Waals surface area contributed by atoms with Crippen LogP contribution in [-0.2, 0) is 6.42 Å². The van der Waals surface area contributed by atoms with Gasteiger partial charge in [0.05, 0.1) is 0 Å². The third-order valence-electron chi connectivity index (χ3n) is 4.33. The van der Waals surface area contributed by atoms with Gasteiger partial charge in [-0.25, -0.2) is 0 Å². The maximum Gasteiger partial charge on any atom is 0.0139 e. The van der Waals surface area contributed by atoms with Crippen molar-refractivity contribution in [3.63, 3.8) is 0 Å². The summed E-state index contributed by atoms with van der Waals surface area (Å²) in [6.07, 6.45) is 2.39. The van der Waals surface area contributed by atoms with Crippen LogP contribution in [0.15, 0.2) is 54.6 Å². The zero-order valence-corrected chi connectivity index (χ0v) is 13.7. The summed E-state index contributed by atoms with van der Waals surface area (Å²) in [5.74, 6) is 0.540. The second kappa shape index (κ2) is 7.42. The van der Waals surface area contributed by atoms with Gasteiger partial charge in [0.15, 0.2) is 0 Å². The van der Waals surface area contributed by atoms with Crippen molar-refractivity contribution < 1.29 is 0 Å². The number of fused-ring (bicyclic) bond motifs is 1. The number of nitrogens with zero attached hydrogens (tertiary/aromatic N) is 1. The van der Waals surface area contributed by atoms with Gasteiger partial charge in [-0.2, -0.15) is 0 Å². The zero-order chi connectivity index (χ0) is 15.2. The Morgan fingerprint density at radius 2 is 1.48 bits per heavy atom. The zero-order valence-electron chi connectivity index (χ0n) is 13.7. The summed E-state index contributed by atoms with van der Waals surface area (Å²) in [6.45, 7) is 4.00. The second-order valence-corrected chi connectivity index (χ2v) is 5.72. The predicted octanol–water partition coefficient (Wildman–Crippen LogP) is 4.72. The molecule has 1 aliphatic rings. The van der Waals surface area contributed by atoms with Gasteiger partial charge in [0.1, 0.15) is 0 Å². The molecule has 112 valence electrons. The Balaban J connectivity index is 0.000000774. The molecule has 0 fully saturated rings. The standard InChI is InChI=1S/C18H21N.C2H6/c1-19(2)16-12-15-10-6-7-11-17(15)18(13-16)14-8-4-3-5-9-14;1-2/h3-11,16,18H,12-13H2,1-2H3;1-2H3. The fourth-order valence-electron chi connectivity index (χ4n) is 3.19. The summed E-state index contributed by atoms with van der Waals surface area (Å²) in [4.78, 5) is 2.37.